The van der Waals surface area contributed by atoms with E-state index in [4.69, 9.17) is 0 Å². The lowest BCUT2D eigenvalue weighted by molar-refractivity contribution is -0.120. The molecule has 1 aliphatic rings. The number of imide groups is 1. The van der Waals surface area contributed by atoms with Gasteiger partial charge in [0.05, 0.1) is 17.5 Å². The van der Waals surface area contributed by atoms with Gasteiger partial charge in [-0.05, 0) is 23.3 Å². The van der Waals surface area contributed by atoms with Gasteiger partial charge in [-0.25, -0.2) is 4.79 Å². The Labute approximate surface area is 173 Å². The maximum absolute atomic E-state index is 12.8. The fourth-order valence-electron chi connectivity index (χ4n) is 3.41. The van der Waals surface area contributed by atoms with Crippen LogP contribution in [0.3, 0.4) is 0 Å². The largest absolute Gasteiger partial charge is 0.326 e. The molecule has 3 N–H and O–H groups in total. The summed E-state index contributed by atoms with van der Waals surface area (Å²) in [6, 6.07) is 16.1. The van der Waals surface area contributed by atoms with E-state index in [1.807, 2.05) is 49.5 Å². The number of anilines is 1. The van der Waals surface area contributed by atoms with Crippen molar-refractivity contribution in [3.05, 3.63) is 83.2 Å². The average Bonchev–Trinajstić information content (AvgIpc) is 3.25. The maximum Gasteiger partial charge on any atom is 0.322 e. The topological polar surface area (TPSA) is 105 Å². The van der Waals surface area contributed by atoms with Gasteiger partial charge < -0.3 is 10.6 Å². The summed E-state index contributed by atoms with van der Waals surface area (Å²) < 4.78 is 1.71. The lowest BCUT2D eigenvalue weighted by Gasteiger charge is -2.10. The van der Waals surface area contributed by atoms with Crippen molar-refractivity contribution < 1.29 is 14.4 Å². The van der Waals surface area contributed by atoms with Crippen LogP contribution in [-0.2, 0) is 24.7 Å². The molecule has 152 valence electrons. The standard InChI is InChI=1S/C22H21N5O3/c1-27-19(12-14-5-3-2-4-6-14)17(13-23-27)20(28)24-16-9-7-15(8-10-16)11-18-21(29)26-22(30)25-18/h2-10,13,18H,11-12H2,1H3,(H,24,28)(H2,25,26,29,30). The molecule has 1 unspecified atom stereocenters. The van der Waals surface area contributed by atoms with Crippen LogP contribution >= 0.6 is 0 Å². The molecule has 2 aromatic carbocycles. The Morgan fingerprint density at radius 2 is 1.80 bits per heavy atom. The number of aromatic nitrogens is 2. The van der Waals surface area contributed by atoms with Crippen molar-refractivity contribution >= 4 is 23.5 Å². The Morgan fingerprint density at radius 3 is 2.47 bits per heavy atom. The summed E-state index contributed by atoms with van der Waals surface area (Å²) in [4.78, 5) is 35.7. The Kier molecular flexibility index (Phi) is 5.30. The Bertz CT molecular complexity index is 1090. The first-order valence-electron chi connectivity index (χ1n) is 9.56. The van der Waals surface area contributed by atoms with E-state index >= 15 is 0 Å². The molecule has 1 aliphatic heterocycles. The van der Waals surface area contributed by atoms with Crippen molar-refractivity contribution in [1.29, 1.82) is 0 Å². The van der Waals surface area contributed by atoms with Crippen LogP contribution in [0.4, 0.5) is 10.5 Å². The fraction of sp³-hybridized carbons (Fsp3) is 0.182. The molecule has 1 saturated heterocycles. The van der Waals surface area contributed by atoms with Crippen LogP contribution in [-0.4, -0.2) is 33.7 Å². The van der Waals surface area contributed by atoms with Crippen LogP contribution in [0.1, 0.15) is 27.2 Å². The van der Waals surface area contributed by atoms with E-state index < -0.39 is 12.1 Å². The second-order valence-corrected chi connectivity index (χ2v) is 7.16. The molecule has 1 aromatic heterocycles. The van der Waals surface area contributed by atoms with Gasteiger partial charge in [0.25, 0.3) is 11.8 Å². The summed E-state index contributed by atoms with van der Waals surface area (Å²) in [7, 11) is 1.82. The SMILES string of the molecule is Cn1ncc(C(=O)Nc2ccc(CC3NC(=O)NC3=O)cc2)c1Cc1ccccc1. The molecule has 8 heteroatoms. The molecular weight excluding hydrogens is 382 g/mol. The normalized spacial score (nSPS) is 15.6. The van der Waals surface area contributed by atoms with E-state index in [0.29, 0.717) is 24.1 Å². The number of urea groups is 1. The van der Waals surface area contributed by atoms with Gasteiger partial charge in [-0.1, -0.05) is 42.5 Å². The van der Waals surface area contributed by atoms with Gasteiger partial charge in [0.2, 0.25) is 0 Å². The Balaban J connectivity index is 1.43. The minimum absolute atomic E-state index is 0.232. The second-order valence-electron chi connectivity index (χ2n) is 7.16. The van der Waals surface area contributed by atoms with E-state index in [2.05, 4.69) is 21.0 Å². The molecule has 0 aliphatic carbocycles. The third kappa shape index (κ3) is 4.22. The first-order chi connectivity index (χ1) is 14.5. The van der Waals surface area contributed by atoms with E-state index in [-0.39, 0.29) is 11.8 Å². The van der Waals surface area contributed by atoms with Crippen molar-refractivity contribution in [2.24, 2.45) is 7.05 Å². The van der Waals surface area contributed by atoms with Crippen molar-refractivity contribution in [2.75, 3.05) is 5.32 Å². The molecule has 4 rings (SSSR count). The molecule has 3 aromatic rings. The van der Waals surface area contributed by atoms with E-state index in [0.717, 1.165) is 16.8 Å². The maximum atomic E-state index is 12.8. The predicted octanol–water partition coefficient (Wildman–Crippen LogP) is 2.01. The molecule has 2 heterocycles. The monoisotopic (exact) mass is 403 g/mol. The second kappa shape index (κ2) is 8.20. The Hall–Kier alpha value is -3.94. The zero-order valence-corrected chi connectivity index (χ0v) is 16.4. The zero-order chi connectivity index (χ0) is 21.1. The van der Waals surface area contributed by atoms with Crippen LogP contribution in [0.5, 0.6) is 0 Å². The predicted molar refractivity (Wildman–Crippen MR) is 111 cm³/mol. The van der Waals surface area contributed by atoms with Crippen LogP contribution in [0.25, 0.3) is 0 Å². The lowest BCUT2D eigenvalue weighted by Crippen LogP contribution is -2.31. The molecule has 0 bridgehead atoms. The van der Waals surface area contributed by atoms with E-state index in [1.165, 1.54) is 0 Å². The number of hydrogen-bond donors (Lipinski definition) is 3. The van der Waals surface area contributed by atoms with Gasteiger partial charge in [0.1, 0.15) is 6.04 Å². The van der Waals surface area contributed by atoms with Crippen molar-refractivity contribution in [3.8, 4) is 0 Å². The fourth-order valence-corrected chi connectivity index (χ4v) is 3.41. The number of rotatable bonds is 6. The molecular formula is C22H21N5O3. The highest BCUT2D eigenvalue weighted by atomic mass is 16.2. The minimum atomic E-state index is -0.575. The summed E-state index contributed by atoms with van der Waals surface area (Å²) in [6.07, 6.45) is 2.56. The van der Waals surface area contributed by atoms with Gasteiger partial charge in [-0.3, -0.25) is 19.6 Å². The molecule has 0 saturated carbocycles. The molecule has 1 atom stereocenters. The first kappa shape index (κ1) is 19.4. The van der Waals surface area contributed by atoms with Crippen LogP contribution < -0.4 is 16.0 Å². The van der Waals surface area contributed by atoms with Crippen molar-refractivity contribution in [1.82, 2.24) is 20.4 Å². The van der Waals surface area contributed by atoms with E-state index in [9.17, 15) is 14.4 Å². The van der Waals surface area contributed by atoms with Gasteiger partial charge in [0.15, 0.2) is 0 Å². The smallest absolute Gasteiger partial charge is 0.322 e. The third-order valence-electron chi connectivity index (χ3n) is 5.03. The number of aryl methyl sites for hydroxylation is 1. The number of nitrogens with one attached hydrogen (secondary N) is 3. The highest BCUT2D eigenvalue weighted by Gasteiger charge is 2.29. The molecule has 4 amide bonds. The molecule has 0 spiro atoms. The molecule has 30 heavy (non-hydrogen) atoms. The number of benzene rings is 2. The van der Waals surface area contributed by atoms with Crippen LogP contribution in [0, 0.1) is 0 Å². The quantitative estimate of drug-likeness (QED) is 0.548. The van der Waals surface area contributed by atoms with Crippen molar-refractivity contribution in [2.45, 2.75) is 18.9 Å². The summed E-state index contributed by atoms with van der Waals surface area (Å²) in [5.74, 6) is -0.566. The number of hydrogen-bond acceptors (Lipinski definition) is 4. The Morgan fingerprint density at radius 1 is 1.07 bits per heavy atom. The first-order valence-corrected chi connectivity index (χ1v) is 9.56. The van der Waals surface area contributed by atoms with Crippen LogP contribution in [0.2, 0.25) is 0 Å². The number of amides is 4. The highest BCUT2D eigenvalue weighted by Crippen LogP contribution is 2.17. The van der Waals surface area contributed by atoms with Gasteiger partial charge >= 0.3 is 6.03 Å². The van der Waals surface area contributed by atoms with Gasteiger partial charge in [-0.2, -0.15) is 5.10 Å². The number of carbonyl (C=O) groups excluding carboxylic acids is 3. The van der Waals surface area contributed by atoms with Crippen LogP contribution in [0.15, 0.2) is 60.8 Å². The molecule has 0 radical (unpaired) electrons. The molecule has 1 fully saturated rings. The van der Waals surface area contributed by atoms with Gasteiger partial charge in [-0.15, -0.1) is 0 Å². The van der Waals surface area contributed by atoms with E-state index in [1.54, 1.807) is 23.0 Å². The highest BCUT2D eigenvalue weighted by molar-refractivity contribution is 6.05. The minimum Gasteiger partial charge on any atom is -0.326 e. The average molecular weight is 403 g/mol. The third-order valence-corrected chi connectivity index (χ3v) is 5.03. The number of carbonyl (C=O) groups is 3. The summed E-state index contributed by atoms with van der Waals surface area (Å²) >= 11 is 0. The zero-order valence-electron chi connectivity index (χ0n) is 16.4. The van der Waals surface area contributed by atoms with Gasteiger partial charge in [0, 0.05) is 25.6 Å². The summed E-state index contributed by atoms with van der Waals surface area (Å²) in [5.41, 5.74) is 3.97. The van der Waals surface area contributed by atoms with Crippen molar-refractivity contribution in [3.63, 3.8) is 0 Å². The lowest BCUT2D eigenvalue weighted by atomic mass is 10.1. The molecule has 8 nitrogen and oxygen atoms in total. The summed E-state index contributed by atoms with van der Waals surface area (Å²) in [5, 5.41) is 11.9. The number of nitrogens with zero attached hydrogens (tertiary/aromatic N) is 2. The summed E-state index contributed by atoms with van der Waals surface area (Å²) in [6.45, 7) is 0.